The second-order valence-electron chi connectivity index (χ2n) is 8.11. The molecule has 38 heavy (non-hydrogen) atoms. The van der Waals surface area contributed by atoms with Gasteiger partial charge in [-0.2, -0.15) is 13.2 Å². The highest BCUT2D eigenvalue weighted by Crippen LogP contribution is 2.35. The van der Waals surface area contributed by atoms with E-state index in [-0.39, 0.29) is 29.3 Å². The van der Waals surface area contributed by atoms with Crippen LogP contribution in [0.4, 0.5) is 30.2 Å². The van der Waals surface area contributed by atoms with Crippen LogP contribution < -0.4 is 15.5 Å². The van der Waals surface area contributed by atoms with Gasteiger partial charge in [0, 0.05) is 11.4 Å². The molecule has 8 nitrogen and oxygen atoms in total. The van der Waals surface area contributed by atoms with E-state index in [2.05, 4.69) is 10.6 Å². The van der Waals surface area contributed by atoms with Gasteiger partial charge in [0.05, 0.1) is 23.2 Å². The lowest BCUT2D eigenvalue weighted by atomic mass is 10.1. The Labute approximate surface area is 218 Å². The summed E-state index contributed by atoms with van der Waals surface area (Å²) < 4.78 is 39.2. The van der Waals surface area contributed by atoms with E-state index >= 15 is 0 Å². The normalized spacial score (nSPS) is 13.6. The van der Waals surface area contributed by atoms with E-state index in [0.29, 0.717) is 27.9 Å². The fourth-order valence-electron chi connectivity index (χ4n) is 3.60. The maximum absolute atomic E-state index is 13.1. The Hall–Kier alpha value is -4.64. The molecule has 0 fully saturated rings. The molecule has 0 aliphatic carbocycles. The first-order valence-corrected chi connectivity index (χ1v) is 11.3. The zero-order chi connectivity index (χ0) is 27.6. The highest BCUT2D eigenvalue weighted by atomic mass is 35.5. The third-order valence-electron chi connectivity index (χ3n) is 5.46. The van der Waals surface area contributed by atoms with Gasteiger partial charge >= 0.3 is 12.1 Å². The molecule has 3 aromatic rings. The van der Waals surface area contributed by atoms with E-state index in [4.69, 9.17) is 16.7 Å². The van der Waals surface area contributed by atoms with Crippen molar-refractivity contribution < 1.29 is 37.5 Å². The van der Waals surface area contributed by atoms with Crippen molar-refractivity contribution in [1.82, 2.24) is 0 Å². The fourth-order valence-corrected chi connectivity index (χ4v) is 3.82. The summed E-state index contributed by atoms with van der Waals surface area (Å²) >= 11 is 6.05. The van der Waals surface area contributed by atoms with Crippen LogP contribution in [-0.4, -0.2) is 28.8 Å². The number of nitrogens with zero attached hydrogens (tertiary/aromatic N) is 1. The van der Waals surface area contributed by atoms with Gasteiger partial charge in [0.15, 0.2) is 0 Å². The quantitative estimate of drug-likeness (QED) is 0.360. The molecule has 0 radical (unpaired) electrons. The molecule has 3 N–H and O–H groups in total. The first-order chi connectivity index (χ1) is 17.9. The number of hydrogen-bond acceptors (Lipinski definition) is 5. The monoisotopic (exact) mass is 543 g/mol. The Morgan fingerprint density at radius 3 is 2.13 bits per heavy atom. The number of benzene rings is 3. The molecule has 12 heteroatoms. The number of amides is 3. The number of anilines is 3. The van der Waals surface area contributed by atoms with Crippen LogP contribution in [0.2, 0.25) is 0 Å². The molecular weight excluding hydrogens is 527 g/mol. The van der Waals surface area contributed by atoms with Gasteiger partial charge in [0.25, 0.3) is 11.8 Å². The molecule has 0 aromatic heterocycles. The van der Waals surface area contributed by atoms with Gasteiger partial charge in [-0.1, -0.05) is 29.8 Å². The number of halogens is 4. The van der Waals surface area contributed by atoms with Crippen molar-refractivity contribution in [2.45, 2.75) is 12.6 Å². The largest absolute Gasteiger partial charge is 0.478 e. The minimum absolute atomic E-state index is 0.00878. The molecular formula is C26H17ClF3N3O5. The predicted molar refractivity (Wildman–Crippen MR) is 133 cm³/mol. The van der Waals surface area contributed by atoms with Gasteiger partial charge in [-0.15, -0.1) is 0 Å². The number of carboxylic acid groups (broad SMARTS) is 1. The molecule has 3 amide bonds. The average molecular weight is 544 g/mol. The molecule has 0 unspecified atom stereocenters. The number of carbonyl (C=O) groups excluding carboxylic acids is 3. The molecule has 4 rings (SSSR count). The lowest BCUT2D eigenvalue weighted by Crippen LogP contribution is -2.32. The molecule has 194 valence electrons. The minimum atomic E-state index is -4.66. The maximum atomic E-state index is 13.1. The van der Waals surface area contributed by atoms with Crippen LogP contribution in [0.15, 0.2) is 83.5 Å². The number of carboxylic acids is 1. The van der Waals surface area contributed by atoms with Crippen LogP contribution >= 0.6 is 11.6 Å². The van der Waals surface area contributed by atoms with Gasteiger partial charge in [-0.05, 0) is 60.2 Å². The van der Waals surface area contributed by atoms with Gasteiger partial charge < -0.3 is 15.7 Å². The summed E-state index contributed by atoms with van der Waals surface area (Å²) in [4.78, 5) is 49.2. The van der Waals surface area contributed by atoms with Crippen molar-refractivity contribution in [2.75, 3.05) is 15.5 Å². The summed E-state index contributed by atoms with van der Waals surface area (Å²) in [6, 6.07) is 15.7. The maximum Gasteiger partial charge on any atom is 0.416 e. The van der Waals surface area contributed by atoms with Crippen molar-refractivity contribution in [1.29, 1.82) is 0 Å². The van der Waals surface area contributed by atoms with Gasteiger partial charge in [-0.25, -0.2) is 9.69 Å². The molecule has 0 atom stereocenters. The lowest BCUT2D eigenvalue weighted by molar-refractivity contribution is -0.137. The van der Waals surface area contributed by atoms with Gasteiger partial charge in [-0.3, -0.25) is 14.4 Å². The Morgan fingerprint density at radius 1 is 0.895 bits per heavy atom. The van der Waals surface area contributed by atoms with E-state index in [1.807, 2.05) is 0 Å². The summed E-state index contributed by atoms with van der Waals surface area (Å²) in [6.45, 7) is 0. The molecule has 0 saturated heterocycles. The van der Waals surface area contributed by atoms with Crippen molar-refractivity contribution in [3.05, 3.63) is 100 Å². The fraction of sp³-hybridized carbons (Fsp3) is 0.0769. The Morgan fingerprint density at radius 2 is 1.53 bits per heavy atom. The van der Waals surface area contributed by atoms with E-state index in [0.717, 1.165) is 12.1 Å². The van der Waals surface area contributed by atoms with Crippen LogP contribution in [0.3, 0.4) is 0 Å². The number of alkyl halides is 3. The second kappa shape index (κ2) is 10.4. The van der Waals surface area contributed by atoms with E-state index < -0.39 is 34.6 Å². The molecule has 0 spiro atoms. The van der Waals surface area contributed by atoms with Crippen molar-refractivity contribution in [3.8, 4) is 0 Å². The van der Waals surface area contributed by atoms with Crippen LogP contribution in [0.5, 0.6) is 0 Å². The molecule has 1 heterocycles. The third-order valence-corrected chi connectivity index (χ3v) is 5.81. The summed E-state index contributed by atoms with van der Waals surface area (Å²) in [5, 5.41) is 13.8. The van der Waals surface area contributed by atoms with Crippen LogP contribution in [-0.2, 0) is 27.0 Å². The molecule has 1 aliphatic heterocycles. The topological polar surface area (TPSA) is 116 Å². The smallest absolute Gasteiger partial charge is 0.416 e. The van der Waals surface area contributed by atoms with Crippen molar-refractivity contribution in [3.63, 3.8) is 0 Å². The number of nitrogens with one attached hydrogen (secondary N) is 2. The molecule has 3 aromatic carbocycles. The highest BCUT2D eigenvalue weighted by molar-refractivity contribution is 6.53. The predicted octanol–water partition coefficient (Wildman–Crippen LogP) is 5.02. The number of rotatable bonds is 7. The molecule has 0 saturated carbocycles. The third kappa shape index (κ3) is 5.68. The van der Waals surface area contributed by atoms with Crippen LogP contribution in [0, 0.1) is 0 Å². The van der Waals surface area contributed by atoms with E-state index in [9.17, 15) is 32.3 Å². The van der Waals surface area contributed by atoms with Crippen molar-refractivity contribution in [2.24, 2.45) is 0 Å². The number of carbonyl (C=O) groups is 4. The highest BCUT2D eigenvalue weighted by Gasteiger charge is 2.40. The first kappa shape index (κ1) is 26.4. The minimum Gasteiger partial charge on any atom is -0.478 e. The van der Waals surface area contributed by atoms with Crippen LogP contribution in [0.25, 0.3) is 0 Å². The first-order valence-electron chi connectivity index (χ1n) is 10.9. The van der Waals surface area contributed by atoms with Gasteiger partial charge in [0.2, 0.25) is 5.91 Å². The summed E-state index contributed by atoms with van der Waals surface area (Å²) in [6.07, 6.45) is -4.67. The van der Waals surface area contributed by atoms with Gasteiger partial charge in [0.1, 0.15) is 10.7 Å². The Kier molecular flexibility index (Phi) is 7.22. The van der Waals surface area contributed by atoms with Crippen LogP contribution in [0.1, 0.15) is 21.5 Å². The molecule has 1 aliphatic rings. The Balaban J connectivity index is 1.41. The summed E-state index contributed by atoms with van der Waals surface area (Å²) in [5.74, 6) is -3.33. The average Bonchev–Trinajstić information content (AvgIpc) is 3.08. The van der Waals surface area contributed by atoms with Crippen molar-refractivity contribution >= 4 is 52.4 Å². The lowest BCUT2D eigenvalue weighted by Gasteiger charge is -2.17. The van der Waals surface area contributed by atoms with E-state index in [1.165, 1.54) is 42.5 Å². The summed E-state index contributed by atoms with van der Waals surface area (Å²) in [7, 11) is 0. The zero-order valence-corrected chi connectivity index (χ0v) is 19.9. The Bertz CT molecular complexity index is 1470. The SMILES string of the molecule is O=C(Cc1ccc(NC2=C(Cl)C(=O)N(c3cccc(C(F)(F)F)c3)C2=O)cc1)Nc1ccc(C(=O)O)cc1. The number of aromatic carboxylic acids is 1. The standard InChI is InChI=1S/C26H17ClF3N3O5/c27-21-22(24(36)33(23(21)35)19-3-1-2-16(13-19)26(28,29)30)32-18-8-4-14(5-9-18)12-20(34)31-17-10-6-15(7-11-17)25(37)38/h1-11,13,32H,12H2,(H,31,34)(H,37,38). The second-order valence-corrected chi connectivity index (χ2v) is 8.49. The number of hydrogen-bond donors (Lipinski definition) is 3. The zero-order valence-electron chi connectivity index (χ0n) is 19.2. The summed E-state index contributed by atoms with van der Waals surface area (Å²) in [5.41, 5.74) is -0.136. The van der Waals surface area contributed by atoms with E-state index in [1.54, 1.807) is 12.1 Å². The molecule has 0 bridgehead atoms. The number of imide groups is 1.